The summed E-state index contributed by atoms with van der Waals surface area (Å²) in [6.45, 7) is 1.76. The molecule has 0 bridgehead atoms. The molecule has 1 fully saturated rings. The van der Waals surface area contributed by atoms with E-state index in [9.17, 15) is 13.2 Å². The van der Waals surface area contributed by atoms with E-state index in [1.54, 1.807) is 31.2 Å². The minimum Gasteiger partial charge on any atom is -0.299 e. The molecule has 0 amide bonds. The summed E-state index contributed by atoms with van der Waals surface area (Å²) < 4.78 is 24.7. The van der Waals surface area contributed by atoms with E-state index < -0.39 is 9.84 Å². The van der Waals surface area contributed by atoms with Crippen molar-refractivity contribution in [3.8, 4) is 0 Å². The third-order valence-electron chi connectivity index (χ3n) is 4.20. The lowest BCUT2D eigenvalue weighted by atomic mass is 9.99. The molecule has 110 valence electrons. The topological polar surface area (TPSA) is 51.2 Å². The first-order valence-electron chi connectivity index (χ1n) is 7.33. The first kappa shape index (κ1) is 15.2. The molecule has 1 aromatic carbocycles. The Morgan fingerprint density at radius 1 is 1.25 bits per heavy atom. The lowest BCUT2D eigenvalue weighted by Gasteiger charge is -2.14. The van der Waals surface area contributed by atoms with Gasteiger partial charge in [0.05, 0.1) is 10.1 Å². The number of benzene rings is 1. The second-order valence-electron chi connectivity index (χ2n) is 5.66. The van der Waals surface area contributed by atoms with Gasteiger partial charge >= 0.3 is 0 Å². The van der Waals surface area contributed by atoms with Gasteiger partial charge in [-0.25, -0.2) is 8.42 Å². The van der Waals surface area contributed by atoms with E-state index in [0.717, 1.165) is 25.7 Å². The lowest BCUT2D eigenvalue weighted by Crippen LogP contribution is -2.18. The first-order chi connectivity index (χ1) is 9.51. The highest BCUT2D eigenvalue weighted by atomic mass is 32.2. The number of Topliss-reactive ketones (excluding diaryl/α,β-unsaturated/α-hetero) is 1. The molecule has 1 aliphatic carbocycles. The Bertz CT molecular complexity index is 548. The van der Waals surface area contributed by atoms with E-state index in [-0.39, 0.29) is 11.2 Å². The van der Waals surface area contributed by atoms with Gasteiger partial charge in [-0.15, -0.1) is 0 Å². The van der Waals surface area contributed by atoms with Crippen LogP contribution in [0, 0.1) is 5.92 Å². The molecule has 2 unspecified atom stereocenters. The minimum atomic E-state index is -3.23. The van der Waals surface area contributed by atoms with E-state index >= 15 is 0 Å². The van der Waals surface area contributed by atoms with Crippen LogP contribution in [0.1, 0.15) is 45.4 Å². The smallest absolute Gasteiger partial charge is 0.180 e. The van der Waals surface area contributed by atoms with Crippen molar-refractivity contribution in [2.24, 2.45) is 5.92 Å². The highest BCUT2D eigenvalue weighted by Gasteiger charge is 2.26. The predicted octanol–water partition coefficient (Wildman–Crippen LogP) is 3.39. The fourth-order valence-electron chi connectivity index (χ4n) is 2.84. The number of rotatable bonds is 6. The predicted molar refractivity (Wildman–Crippen MR) is 79.3 cm³/mol. The largest absolute Gasteiger partial charge is 0.299 e. The van der Waals surface area contributed by atoms with Crippen molar-refractivity contribution in [3.63, 3.8) is 0 Å². The standard InChI is InChI=1S/C16H22O3S/c1-13(7-5-8-14-9-6-12-16(14)17)20(18,19)15-10-3-2-4-11-15/h2-4,10-11,13-14H,5-9,12H2,1H3. The highest BCUT2D eigenvalue weighted by Crippen LogP contribution is 2.27. The Labute approximate surface area is 121 Å². The molecule has 1 aromatic rings. The summed E-state index contributed by atoms with van der Waals surface area (Å²) in [5.74, 6) is 0.546. The maximum atomic E-state index is 12.4. The molecule has 1 saturated carbocycles. The molecule has 20 heavy (non-hydrogen) atoms. The summed E-state index contributed by atoms with van der Waals surface area (Å²) in [5, 5.41) is -0.388. The monoisotopic (exact) mass is 294 g/mol. The molecule has 0 saturated heterocycles. The van der Waals surface area contributed by atoms with Crippen molar-refractivity contribution < 1.29 is 13.2 Å². The number of carbonyl (C=O) groups is 1. The molecule has 0 aliphatic heterocycles. The SMILES string of the molecule is CC(CCCC1CCCC1=O)S(=O)(=O)c1ccccc1. The van der Waals surface area contributed by atoms with Crippen LogP contribution in [0.15, 0.2) is 35.2 Å². The van der Waals surface area contributed by atoms with E-state index in [4.69, 9.17) is 0 Å². The van der Waals surface area contributed by atoms with Crippen molar-refractivity contribution in [3.05, 3.63) is 30.3 Å². The average molecular weight is 294 g/mol. The molecule has 0 radical (unpaired) electrons. The van der Waals surface area contributed by atoms with Gasteiger partial charge in [-0.2, -0.15) is 0 Å². The van der Waals surface area contributed by atoms with E-state index in [0.29, 0.717) is 23.5 Å². The van der Waals surface area contributed by atoms with Gasteiger partial charge in [0.2, 0.25) is 0 Å². The number of hydrogen-bond acceptors (Lipinski definition) is 3. The van der Waals surface area contributed by atoms with Gasteiger partial charge in [0.15, 0.2) is 9.84 Å². The molecule has 0 N–H and O–H groups in total. The Morgan fingerprint density at radius 2 is 1.95 bits per heavy atom. The van der Waals surface area contributed by atoms with Crippen LogP contribution in [0.25, 0.3) is 0 Å². The van der Waals surface area contributed by atoms with Crippen molar-refractivity contribution in [2.45, 2.75) is 55.6 Å². The summed E-state index contributed by atoms with van der Waals surface area (Å²) in [7, 11) is -3.23. The van der Waals surface area contributed by atoms with Crippen LogP contribution in [0.4, 0.5) is 0 Å². The van der Waals surface area contributed by atoms with Crippen LogP contribution in [0.5, 0.6) is 0 Å². The Morgan fingerprint density at radius 3 is 2.55 bits per heavy atom. The maximum Gasteiger partial charge on any atom is 0.180 e. The normalized spacial score (nSPS) is 21.1. The quantitative estimate of drug-likeness (QED) is 0.808. The summed E-state index contributed by atoms with van der Waals surface area (Å²) in [6.07, 6.45) is 4.97. The van der Waals surface area contributed by atoms with Gasteiger partial charge in [-0.1, -0.05) is 24.6 Å². The lowest BCUT2D eigenvalue weighted by molar-refractivity contribution is -0.120. The molecule has 2 rings (SSSR count). The highest BCUT2D eigenvalue weighted by molar-refractivity contribution is 7.92. The van der Waals surface area contributed by atoms with Gasteiger partial charge in [0, 0.05) is 12.3 Å². The van der Waals surface area contributed by atoms with Gasteiger partial charge in [0.25, 0.3) is 0 Å². The average Bonchev–Trinajstić information content (AvgIpc) is 2.85. The summed E-state index contributed by atoms with van der Waals surface area (Å²) in [5.41, 5.74) is 0. The van der Waals surface area contributed by atoms with Gasteiger partial charge in [-0.05, 0) is 44.7 Å². The second-order valence-corrected chi connectivity index (χ2v) is 8.02. The molecule has 0 spiro atoms. The zero-order valence-corrected chi connectivity index (χ0v) is 12.7. The maximum absolute atomic E-state index is 12.4. The van der Waals surface area contributed by atoms with Crippen LogP contribution < -0.4 is 0 Å². The molecule has 1 aliphatic rings. The second kappa shape index (κ2) is 6.53. The zero-order chi connectivity index (χ0) is 14.6. The third kappa shape index (κ3) is 3.48. The fourth-order valence-corrected chi connectivity index (χ4v) is 4.32. The van der Waals surface area contributed by atoms with Crippen LogP contribution in [0.2, 0.25) is 0 Å². The van der Waals surface area contributed by atoms with Crippen LogP contribution in [-0.2, 0) is 14.6 Å². The van der Waals surface area contributed by atoms with E-state index in [1.807, 2.05) is 6.07 Å². The molecule has 3 nitrogen and oxygen atoms in total. The number of carbonyl (C=O) groups excluding carboxylic acids is 1. The van der Waals surface area contributed by atoms with Gasteiger partial charge in [0.1, 0.15) is 5.78 Å². The number of ketones is 1. The molecule has 0 heterocycles. The van der Waals surface area contributed by atoms with E-state index in [1.165, 1.54) is 0 Å². The third-order valence-corrected chi connectivity index (χ3v) is 6.42. The number of sulfone groups is 1. The summed E-state index contributed by atoms with van der Waals surface area (Å²) >= 11 is 0. The Hall–Kier alpha value is -1.16. The molecular weight excluding hydrogens is 272 g/mol. The summed E-state index contributed by atoms with van der Waals surface area (Å²) in [4.78, 5) is 11.9. The molecule has 4 heteroatoms. The van der Waals surface area contributed by atoms with Gasteiger partial charge in [-0.3, -0.25) is 4.79 Å². The van der Waals surface area contributed by atoms with Crippen LogP contribution >= 0.6 is 0 Å². The van der Waals surface area contributed by atoms with E-state index in [2.05, 4.69) is 0 Å². The van der Waals surface area contributed by atoms with Gasteiger partial charge < -0.3 is 0 Å². The van der Waals surface area contributed by atoms with Crippen molar-refractivity contribution in [1.82, 2.24) is 0 Å². The van der Waals surface area contributed by atoms with Crippen LogP contribution in [0.3, 0.4) is 0 Å². The van der Waals surface area contributed by atoms with Crippen molar-refractivity contribution in [1.29, 1.82) is 0 Å². The Balaban J connectivity index is 1.88. The van der Waals surface area contributed by atoms with Crippen molar-refractivity contribution >= 4 is 15.6 Å². The molecular formula is C16H22O3S. The molecule has 2 atom stereocenters. The van der Waals surface area contributed by atoms with Crippen LogP contribution in [-0.4, -0.2) is 19.5 Å². The molecule has 0 aromatic heterocycles. The fraction of sp³-hybridized carbons (Fsp3) is 0.562. The Kier molecular flexibility index (Phi) is 4.97. The zero-order valence-electron chi connectivity index (χ0n) is 11.9. The number of hydrogen-bond donors (Lipinski definition) is 0. The summed E-state index contributed by atoms with van der Waals surface area (Å²) in [6, 6.07) is 8.60. The van der Waals surface area contributed by atoms with Crippen molar-refractivity contribution in [2.75, 3.05) is 0 Å². The minimum absolute atomic E-state index is 0.182. The first-order valence-corrected chi connectivity index (χ1v) is 8.88.